The minimum atomic E-state index is -4.12. The lowest BCUT2D eigenvalue weighted by Crippen LogP contribution is -2.36. The van der Waals surface area contributed by atoms with Gasteiger partial charge in [0.05, 0.1) is 17.9 Å². The third kappa shape index (κ3) is 4.57. The molecule has 0 unspecified atom stereocenters. The van der Waals surface area contributed by atoms with E-state index in [0.717, 1.165) is 26.9 Å². The fourth-order valence-corrected chi connectivity index (χ4v) is 5.33. The number of nitrogens with two attached hydrogens (primary N) is 2. The molecule has 37 heavy (non-hydrogen) atoms. The second-order valence-corrected chi connectivity index (χ2v) is 10.6. The van der Waals surface area contributed by atoms with Crippen molar-refractivity contribution in [2.24, 2.45) is 16.0 Å². The summed E-state index contributed by atoms with van der Waals surface area (Å²) in [7, 11) is -4.12. The van der Waals surface area contributed by atoms with Gasteiger partial charge in [0, 0.05) is 5.56 Å². The summed E-state index contributed by atoms with van der Waals surface area (Å²) in [5.41, 5.74) is 9.30. The van der Waals surface area contributed by atoms with Gasteiger partial charge < -0.3 is 10.6 Å². The molecule has 4 aromatic rings. The smallest absolute Gasteiger partial charge is 0.279 e. The van der Waals surface area contributed by atoms with Crippen molar-refractivity contribution in [2.45, 2.75) is 18.4 Å². The van der Waals surface area contributed by atoms with E-state index in [-0.39, 0.29) is 27.3 Å². The number of amides is 1. The average molecular weight is 530 g/mol. The molecule has 0 radical (unpaired) electrons. The molecule has 8 nitrogen and oxygen atoms in total. The van der Waals surface area contributed by atoms with E-state index in [1.165, 1.54) is 18.2 Å². The Morgan fingerprint density at radius 2 is 1.70 bits per heavy atom. The number of primary sulfonamides is 1. The van der Waals surface area contributed by atoms with Crippen LogP contribution >= 0.6 is 12.2 Å². The number of nitrogens with zero attached hydrogens (tertiary/aromatic N) is 3. The molecule has 0 bridgehead atoms. The van der Waals surface area contributed by atoms with Crippen LogP contribution in [-0.2, 0) is 21.4 Å². The zero-order valence-electron chi connectivity index (χ0n) is 19.8. The average Bonchev–Trinajstić information content (AvgIpc) is 3.11. The van der Waals surface area contributed by atoms with Crippen LogP contribution in [0.2, 0.25) is 0 Å². The number of aryl methyl sites for hydroxylation is 1. The Labute approximate surface area is 219 Å². The van der Waals surface area contributed by atoms with E-state index in [9.17, 15) is 13.2 Å². The zero-order valence-corrected chi connectivity index (χ0v) is 21.5. The molecule has 186 valence electrons. The molecule has 1 amide bonds. The quantitative estimate of drug-likeness (QED) is 0.300. The van der Waals surface area contributed by atoms with Crippen LogP contribution in [0.1, 0.15) is 16.7 Å². The van der Waals surface area contributed by atoms with Gasteiger partial charge in [-0.1, -0.05) is 66.2 Å². The molecular weight excluding hydrogens is 506 g/mol. The largest absolute Gasteiger partial charge is 0.374 e. The summed E-state index contributed by atoms with van der Waals surface area (Å²) in [6.45, 7) is 2.23. The predicted molar refractivity (Wildman–Crippen MR) is 150 cm³/mol. The first kappa shape index (κ1) is 24.6. The highest BCUT2D eigenvalue weighted by Gasteiger charge is 2.36. The summed E-state index contributed by atoms with van der Waals surface area (Å²) >= 11 is 5.20. The van der Waals surface area contributed by atoms with E-state index in [2.05, 4.69) is 5.10 Å². The number of para-hydroxylation sites is 1. The second kappa shape index (κ2) is 9.40. The first-order valence-electron chi connectivity index (χ1n) is 11.3. The number of rotatable bonds is 5. The molecule has 1 aliphatic rings. The van der Waals surface area contributed by atoms with Crippen molar-refractivity contribution in [2.75, 3.05) is 9.91 Å². The van der Waals surface area contributed by atoms with Gasteiger partial charge in [-0.05, 0) is 59.7 Å². The number of sulfonamides is 1. The minimum absolute atomic E-state index is 0.0551. The monoisotopic (exact) mass is 529 g/mol. The fraction of sp³-hybridized carbons (Fsp3) is 0.0741. The van der Waals surface area contributed by atoms with Crippen LogP contribution in [-0.4, -0.2) is 25.1 Å². The van der Waals surface area contributed by atoms with Crippen molar-refractivity contribution in [1.82, 2.24) is 0 Å². The van der Waals surface area contributed by atoms with Gasteiger partial charge in [-0.2, -0.15) is 5.10 Å². The van der Waals surface area contributed by atoms with Gasteiger partial charge in [-0.3, -0.25) is 4.79 Å². The molecule has 0 aliphatic carbocycles. The minimum Gasteiger partial charge on any atom is -0.374 e. The molecule has 4 N–H and O–H groups in total. The normalized spacial score (nSPS) is 14.3. The van der Waals surface area contributed by atoms with E-state index in [1.54, 1.807) is 11.0 Å². The van der Waals surface area contributed by atoms with Crippen molar-refractivity contribution in [3.05, 3.63) is 102 Å². The lowest BCUT2D eigenvalue weighted by atomic mass is 10.0. The van der Waals surface area contributed by atoms with Crippen LogP contribution in [0.15, 0.2) is 94.9 Å². The highest BCUT2D eigenvalue weighted by Crippen LogP contribution is 2.34. The SMILES string of the molecule is Cc1ccc2c(c1)/C(=N/N(C(N)=S)c1ccccc1S(N)(=O)=O)C(=O)N2Cc1cccc2ccccc12. The Balaban J connectivity index is 1.64. The second-order valence-electron chi connectivity index (χ2n) is 8.66. The molecule has 0 saturated carbocycles. The van der Waals surface area contributed by atoms with Crippen molar-refractivity contribution < 1.29 is 13.2 Å². The van der Waals surface area contributed by atoms with E-state index in [1.807, 2.05) is 67.6 Å². The topological polar surface area (TPSA) is 122 Å². The molecule has 0 atom stereocenters. The fourth-order valence-electron chi connectivity index (χ4n) is 4.48. The Morgan fingerprint density at radius 3 is 2.46 bits per heavy atom. The van der Waals surface area contributed by atoms with E-state index in [4.69, 9.17) is 23.1 Å². The summed E-state index contributed by atoms with van der Waals surface area (Å²) in [5, 5.41) is 12.9. The van der Waals surface area contributed by atoms with E-state index in [0.29, 0.717) is 17.8 Å². The molecule has 5 rings (SSSR count). The molecule has 0 saturated heterocycles. The van der Waals surface area contributed by atoms with Crippen molar-refractivity contribution in [1.29, 1.82) is 0 Å². The Morgan fingerprint density at radius 1 is 1.00 bits per heavy atom. The summed E-state index contributed by atoms with van der Waals surface area (Å²) in [6.07, 6.45) is 0. The Hall–Kier alpha value is -4.12. The van der Waals surface area contributed by atoms with Crippen LogP contribution in [0.3, 0.4) is 0 Å². The third-order valence-electron chi connectivity index (χ3n) is 6.16. The lowest BCUT2D eigenvalue weighted by Gasteiger charge is -2.20. The third-order valence-corrected chi connectivity index (χ3v) is 7.29. The van der Waals surface area contributed by atoms with Gasteiger partial charge in [0.25, 0.3) is 5.91 Å². The highest BCUT2D eigenvalue weighted by atomic mass is 32.2. The lowest BCUT2D eigenvalue weighted by molar-refractivity contribution is -0.112. The number of benzene rings is 4. The molecular formula is C27H23N5O3S2. The maximum atomic E-state index is 13.8. The van der Waals surface area contributed by atoms with Gasteiger partial charge in [-0.15, -0.1) is 0 Å². The van der Waals surface area contributed by atoms with Gasteiger partial charge >= 0.3 is 0 Å². The van der Waals surface area contributed by atoms with Gasteiger partial charge in [0.2, 0.25) is 10.0 Å². The van der Waals surface area contributed by atoms with E-state index >= 15 is 0 Å². The molecule has 10 heteroatoms. The van der Waals surface area contributed by atoms with Gasteiger partial charge in [0.1, 0.15) is 4.90 Å². The van der Waals surface area contributed by atoms with Crippen molar-refractivity contribution >= 4 is 61.1 Å². The number of carbonyl (C=O) groups is 1. The molecule has 0 aromatic heterocycles. The van der Waals surface area contributed by atoms with Crippen LogP contribution in [0.5, 0.6) is 0 Å². The first-order valence-corrected chi connectivity index (χ1v) is 13.3. The number of hydrazone groups is 1. The Bertz CT molecular complexity index is 1710. The predicted octanol–water partition coefficient (Wildman–Crippen LogP) is 3.80. The number of thiocarbonyl (C=S) groups is 1. The van der Waals surface area contributed by atoms with Crippen LogP contribution in [0, 0.1) is 6.92 Å². The summed E-state index contributed by atoms with van der Waals surface area (Å²) in [6, 6.07) is 25.6. The van der Waals surface area contributed by atoms with Crippen molar-refractivity contribution in [3.63, 3.8) is 0 Å². The molecule has 1 aliphatic heterocycles. The Kier molecular flexibility index (Phi) is 6.24. The number of carbonyl (C=O) groups excluding carboxylic acids is 1. The summed E-state index contributed by atoms with van der Waals surface area (Å²) < 4.78 is 24.5. The van der Waals surface area contributed by atoms with Gasteiger partial charge in [-0.25, -0.2) is 18.6 Å². The zero-order chi connectivity index (χ0) is 26.3. The molecule has 4 aromatic carbocycles. The maximum Gasteiger partial charge on any atom is 0.279 e. The maximum absolute atomic E-state index is 13.8. The standard InChI is InChI=1S/C27H23N5O3S2/c1-17-13-14-22-21(15-17)25(30-32(27(28)36)23-11-4-5-12-24(23)37(29,34)35)26(33)31(22)16-19-9-6-8-18-7-2-3-10-20(18)19/h2-15H,16H2,1H3,(H2,28,36)(H2,29,34,35)/b30-25-. The number of hydrogen-bond acceptors (Lipinski definition) is 5. The first-order chi connectivity index (χ1) is 17.6. The van der Waals surface area contributed by atoms with Crippen LogP contribution in [0.25, 0.3) is 10.8 Å². The van der Waals surface area contributed by atoms with Crippen LogP contribution in [0.4, 0.5) is 11.4 Å². The van der Waals surface area contributed by atoms with Crippen molar-refractivity contribution in [3.8, 4) is 0 Å². The van der Waals surface area contributed by atoms with Crippen LogP contribution < -0.4 is 20.8 Å². The summed E-state index contributed by atoms with van der Waals surface area (Å²) in [5.74, 6) is -0.358. The molecule has 0 fully saturated rings. The highest BCUT2D eigenvalue weighted by molar-refractivity contribution is 7.89. The van der Waals surface area contributed by atoms with Gasteiger partial charge in [0.15, 0.2) is 10.8 Å². The molecule has 1 heterocycles. The molecule has 0 spiro atoms. The van der Waals surface area contributed by atoms with E-state index < -0.39 is 10.0 Å². The summed E-state index contributed by atoms with van der Waals surface area (Å²) in [4.78, 5) is 15.3. The number of hydrogen-bond donors (Lipinski definition) is 2. The number of fused-ring (bicyclic) bond motifs is 2. The number of anilines is 2.